The lowest BCUT2D eigenvalue weighted by molar-refractivity contribution is 0.102. The monoisotopic (exact) mass is 340 g/mol. The second-order valence-corrected chi connectivity index (χ2v) is 5.78. The molecule has 0 atom stereocenters. The standard InChI is InChI=1S/C18H16N2O3S/c1-22-13-8-9-16(23-2)14(10-13)15-11-24-18(19-15)20-17(21)12-6-4-3-5-7-12/h3-11H,1-2H3,(H,19,20,21). The van der Waals surface area contributed by atoms with Crippen LogP contribution in [-0.2, 0) is 0 Å². The molecular weight excluding hydrogens is 324 g/mol. The Labute approximate surface area is 143 Å². The first kappa shape index (κ1) is 16.0. The number of aromatic nitrogens is 1. The number of thiazole rings is 1. The zero-order valence-electron chi connectivity index (χ0n) is 13.3. The summed E-state index contributed by atoms with van der Waals surface area (Å²) in [6.45, 7) is 0. The summed E-state index contributed by atoms with van der Waals surface area (Å²) in [4.78, 5) is 16.7. The second-order valence-electron chi connectivity index (χ2n) is 4.92. The van der Waals surface area contributed by atoms with Gasteiger partial charge >= 0.3 is 0 Å². The van der Waals surface area contributed by atoms with Crippen LogP contribution in [0.25, 0.3) is 11.3 Å². The van der Waals surface area contributed by atoms with Crippen LogP contribution in [0.4, 0.5) is 5.13 Å². The first-order chi connectivity index (χ1) is 11.7. The SMILES string of the molecule is COc1ccc(OC)c(-c2csc(NC(=O)c3ccccc3)n2)c1. The number of nitrogens with one attached hydrogen (secondary N) is 1. The molecule has 1 aromatic heterocycles. The molecule has 2 aromatic carbocycles. The molecule has 24 heavy (non-hydrogen) atoms. The van der Waals surface area contributed by atoms with Gasteiger partial charge in [-0.15, -0.1) is 11.3 Å². The van der Waals surface area contributed by atoms with Crippen molar-refractivity contribution < 1.29 is 14.3 Å². The van der Waals surface area contributed by atoms with E-state index in [1.54, 1.807) is 26.4 Å². The van der Waals surface area contributed by atoms with Crippen molar-refractivity contribution in [3.05, 3.63) is 59.5 Å². The number of benzene rings is 2. The summed E-state index contributed by atoms with van der Waals surface area (Å²) in [5.74, 6) is 1.23. The molecule has 0 fully saturated rings. The van der Waals surface area contributed by atoms with E-state index in [2.05, 4.69) is 10.3 Å². The van der Waals surface area contributed by atoms with Gasteiger partial charge in [-0.25, -0.2) is 4.98 Å². The molecule has 1 amide bonds. The van der Waals surface area contributed by atoms with Crippen molar-refractivity contribution >= 4 is 22.4 Å². The number of amides is 1. The van der Waals surface area contributed by atoms with Crippen molar-refractivity contribution in [3.8, 4) is 22.8 Å². The van der Waals surface area contributed by atoms with Gasteiger partial charge in [0.15, 0.2) is 5.13 Å². The lowest BCUT2D eigenvalue weighted by Gasteiger charge is -2.08. The maximum Gasteiger partial charge on any atom is 0.257 e. The normalized spacial score (nSPS) is 10.2. The highest BCUT2D eigenvalue weighted by atomic mass is 32.1. The Morgan fingerprint density at radius 3 is 2.58 bits per heavy atom. The van der Waals surface area contributed by atoms with Crippen molar-refractivity contribution in [2.45, 2.75) is 0 Å². The van der Waals surface area contributed by atoms with Crippen LogP contribution in [0.5, 0.6) is 11.5 Å². The van der Waals surface area contributed by atoms with E-state index in [9.17, 15) is 4.79 Å². The average molecular weight is 340 g/mol. The molecule has 0 spiro atoms. The number of ether oxygens (including phenoxy) is 2. The van der Waals surface area contributed by atoms with Gasteiger partial charge in [0.1, 0.15) is 11.5 Å². The molecule has 0 aliphatic heterocycles. The number of rotatable bonds is 5. The summed E-state index contributed by atoms with van der Waals surface area (Å²) in [7, 11) is 3.22. The minimum absolute atomic E-state index is 0.186. The summed E-state index contributed by atoms with van der Waals surface area (Å²) in [6.07, 6.45) is 0. The molecule has 0 unspecified atom stereocenters. The Morgan fingerprint density at radius 1 is 1.08 bits per heavy atom. The van der Waals surface area contributed by atoms with Gasteiger partial charge in [-0.1, -0.05) is 18.2 Å². The molecule has 0 bridgehead atoms. The highest BCUT2D eigenvalue weighted by Crippen LogP contribution is 2.35. The second kappa shape index (κ2) is 7.14. The predicted molar refractivity (Wildman–Crippen MR) is 95.0 cm³/mol. The number of anilines is 1. The van der Waals surface area contributed by atoms with Crippen LogP contribution in [0.1, 0.15) is 10.4 Å². The van der Waals surface area contributed by atoms with Crippen LogP contribution in [0.3, 0.4) is 0 Å². The van der Waals surface area contributed by atoms with Crippen molar-refractivity contribution in [2.75, 3.05) is 19.5 Å². The Kier molecular flexibility index (Phi) is 4.77. The van der Waals surface area contributed by atoms with Crippen molar-refractivity contribution in [1.82, 2.24) is 4.98 Å². The van der Waals surface area contributed by atoms with Crippen LogP contribution in [0, 0.1) is 0 Å². The highest BCUT2D eigenvalue weighted by molar-refractivity contribution is 7.14. The highest BCUT2D eigenvalue weighted by Gasteiger charge is 2.13. The number of hydrogen-bond acceptors (Lipinski definition) is 5. The van der Waals surface area contributed by atoms with E-state index in [4.69, 9.17) is 9.47 Å². The molecular formula is C18H16N2O3S. The first-order valence-electron chi connectivity index (χ1n) is 7.25. The predicted octanol–water partition coefficient (Wildman–Crippen LogP) is 4.08. The topological polar surface area (TPSA) is 60.5 Å². The number of methoxy groups -OCH3 is 2. The summed E-state index contributed by atoms with van der Waals surface area (Å²) in [5.41, 5.74) is 2.13. The number of carbonyl (C=O) groups is 1. The number of carbonyl (C=O) groups excluding carboxylic acids is 1. The molecule has 0 aliphatic rings. The molecule has 0 saturated carbocycles. The van der Waals surface area contributed by atoms with E-state index in [-0.39, 0.29) is 5.91 Å². The fraction of sp³-hybridized carbons (Fsp3) is 0.111. The molecule has 6 heteroatoms. The molecule has 5 nitrogen and oxygen atoms in total. The lowest BCUT2D eigenvalue weighted by atomic mass is 10.1. The Balaban J connectivity index is 1.85. The largest absolute Gasteiger partial charge is 0.497 e. The minimum atomic E-state index is -0.186. The molecule has 3 aromatic rings. The third kappa shape index (κ3) is 3.38. The van der Waals surface area contributed by atoms with E-state index < -0.39 is 0 Å². The van der Waals surface area contributed by atoms with Gasteiger partial charge in [0.2, 0.25) is 0 Å². The summed E-state index contributed by atoms with van der Waals surface area (Å²) < 4.78 is 10.6. The Hall–Kier alpha value is -2.86. The van der Waals surface area contributed by atoms with Crippen molar-refractivity contribution in [3.63, 3.8) is 0 Å². The fourth-order valence-electron chi connectivity index (χ4n) is 2.23. The molecule has 0 radical (unpaired) electrons. The van der Waals surface area contributed by atoms with Crippen molar-refractivity contribution in [1.29, 1.82) is 0 Å². The third-order valence-corrected chi connectivity index (χ3v) is 4.20. The number of hydrogen-bond donors (Lipinski definition) is 1. The summed E-state index contributed by atoms with van der Waals surface area (Å²) in [6, 6.07) is 14.5. The van der Waals surface area contributed by atoms with Gasteiger partial charge in [-0.05, 0) is 30.3 Å². The molecule has 122 valence electrons. The van der Waals surface area contributed by atoms with E-state index in [1.165, 1.54) is 11.3 Å². The van der Waals surface area contributed by atoms with Gasteiger partial charge in [-0.2, -0.15) is 0 Å². The molecule has 3 rings (SSSR count). The fourth-order valence-corrected chi connectivity index (χ4v) is 2.93. The van der Waals surface area contributed by atoms with E-state index in [0.717, 1.165) is 11.3 Å². The van der Waals surface area contributed by atoms with Crippen LogP contribution in [0.2, 0.25) is 0 Å². The smallest absolute Gasteiger partial charge is 0.257 e. The minimum Gasteiger partial charge on any atom is -0.497 e. The van der Waals surface area contributed by atoms with Gasteiger partial charge in [0.05, 0.1) is 19.9 Å². The average Bonchev–Trinajstić information content (AvgIpc) is 3.10. The number of nitrogens with zero attached hydrogens (tertiary/aromatic N) is 1. The summed E-state index contributed by atoms with van der Waals surface area (Å²) >= 11 is 1.36. The molecule has 0 saturated heterocycles. The van der Waals surface area contributed by atoms with Gasteiger partial charge in [-0.3, -0.25) is 10.1 Å². The zero-order chi connectivity index (χ0) is 16.9. The van der Waals surface area contributed by atoms with E-state index >= 15 is 0 Å². The first-order valence-corrected chi connectivity index (χ1v) is 8.13. The van der Waals surface area contributed by atoms with Crippen LogP contribution in [0.15, 0.2) is 53.9 Å². The quantitative estimate of drug-likeness (QED) is 0.760. The van der Waals surface area contributed by atoms with E-state index in [1.807, 2.05) is 41.8 Å². The third-order valence-electron chi connectivity index (χ3n) is 3.44. The van der Waals surface area contributed by atoms with Crippen LogP contribution < -0.4 is 14.8 Å². The maximum absolute atomic E-state index is 12.2. The molecule has 0 aliphatic carbocycles. The van der Waals surface area contributed by atoms with Crippen molar-refractivity contribution in [2.24, 2.45) is 0 Å². The molecule has 1 N–H and O–H groups in total. The zero-order valence-corrected chi connectivity index (χ0v) is 14.1. The van der Waals surface area contributed by atoms with Gasteiger partial charge < -0.3 is 9.47 Å². The maximum atomic E-state index is 12.2. The van der Waals surface area contributed by atoms with Gasteiger partial charge in [0, 0.05) is 16.5 Å². The lowest BCUT2D eigenvalue weighted by Crippen LogP contribution is -2.11. The van der Waals surface area contributed by atoms with Gasteiger partial charge in [0.25, 0.3) is 5.91 Å². The Bertz CT molecular complexity index is 846. The Morgan fingerprint density at radius 2 is 1.88 bits per heavy atom. The summed E-state index contributed by atoms with van der Waals surface area (Å²) in [5, 5.41) is 5.21. The van der Waals surface area contributed by atoms with Crippen LogP contribution in [-0.4, -0.2) is 25.1 Å². The van der Waals surface area contributed by atoms with E-state index in [0.29, 0.717) is 22.2 Å². The van der Waals surface area contributed by atoms with Crippen LogP contribution >= 0.6 is 11.3 Å². The molecule has 1 heterocycles.